The van der Waals surface area contributed by atoms with E-state index in [-0.39, 0.29) is 36.2 Å². The lowest BCUT2D eigenvalue weighted by atomic mass is 9.65. The fourth-order valence-electron chi connectivity index (χ4n) is 4.30. The van der Waals surface area contributed by atoms with Crippen molar-refractivity contribution in [3.63, 3.8) is 0 Å². The number of ether oxygens (including phenoxy) is 1. The van der Waals surface area contributed by atoms with Crippen molar-refractivity contribution in [3.05, 3.63) is 0 Å². The van der Waals surface area contributed by atoms with Gasteiger partial charge in [0.1, 0.15) is 5.54 Å². The van der Waals surface area contributed by atoms with Gasteiger partial charge in [-0.1, -0.05) is 20.3 Å². The molecule has 0 radical (unpaired) electrons. The predicted molar refractivity (Wildman–Crippen MR) is 92.3 cm³/mol. The summed E-state index contributed by atoms with van der Waals surface area (Å²) in [5, 5.41) is 3.00. The van der Waals surface area contributed by atoms with Crippen LogP contribution in [0.3, 0.4) is 0 Å². The molecule has 0 aromatic rings. The molecule has 2 fully saturated rings. The summed E-state index contributed by atoms with van der Waals surface area (Å²) in [5.41, 5.74) is 5.40. The van der Waals surface area contributed by atoms with Gasteiger partial charge in [-0.05, 0) is 50.4 Å². The molecule has 0 spiro atoms. The summed E-state index contributed by atoms with van der Waals surface area (Å²) in [4.78, 5) is 24.8. The first-order chi connectivity index (χ1) is 10.5. The van der Waals surface area contributed by atoms with E-state index in [9.17, 15) is 9.59 Å². The lowest BCUT2D eigenvalue weighted by molar-refractivity contribution is -0.152. The number of carbonyl (C=O) groups excluding carboxylic acids is 2. The Labute approximate surface area is 145 Å². The SMILES string of the molecule is CCC(CC)(NC(=O)C1CC2CCCC(C1)C2N)C(=O)OC.Cl. The number of hydrogen-bond acceptors (Lipinski definition) is 4. The van der Waals surface area contributed by atoms with Gasteiger partial charge in [-0.3, -0.25) is 4.79 Å². The van der Waals surface area contributed by atoms with Crippen LogP contribution in [-0.4, -0.2) is 30.6 Å². The molecule has 2 unspecified atom stereocenters. The molecular weight excluding hydrogens is 316 g/mol. The van der Waals surface area contributed by atoms with Crippen LogP contribution in [0, 0.1) is 17.8 Å². The van der Waals surface area contributed by atoms with Crippen molar-refractivity contribution in [2.24, 2.45) is 23.5 Å². The molecule has 1 amide bonds. The van der Waals surface area contributed by atoms with Crippen LogP contribution in [0.5, 0.6) is 0 Å². The first-order valence-corrected chi connectivity index (χ1v) is 8.63. The molecule has 6 heteroatoms. The molecule has 3 N–H and O–H groups in total. The Morgan fingerprint density at radius 2 is 1.70 bits per heavy atom. The number of halogens is 1. The summed E-state index contributed by atoms with van der Waals surface area (Å²) in [5.74, 6) is 0.548. The van der Waals surface area contributed by atoms with Crippen molar-refractivity contribution < 1.29 is 14.3 Å². The van der Waals surface area contributed by atoms with Crippen LogP contribution < -0.4 is 11.1 Å². The second-order valence-corrected chi connectivity index (χ2v) is 6.97. The lowest BCUT2D eigenvalue weighted by Gasteiger charge is -2.44. The monoisotopic (exact) mass is 346 g/mol. The van der Waals surface area contributed by atoms with Crippen LogP contribution in [0.15, 0.2) is 0 Å². The van der Waals surface area contributed by atoms with Gasteiger partial charge in [0.25, 0.3) is 0 Å². The molecule has 5 nitrogen and oxygen atoms in total. The molecule has 2 aliphatic carbocycles. The quantitative estimate of drug-likeness (QED) is 0.749. The molecule has 2 saturated carbocycles. The largest absolute Gasteiger partial charge is 0.467 e. The molecule has 23 heavy (non-hydrogen) atoms. The summed E-state index contributed by atoms with van der Waals surface area (Å²) in [6, 6.07) is 0.250. The first kappa shape index (κ1) is 20.2. The molecule has 2 rings (SSSR count). The molecule has 0 saturated heterocycles. The maximum absolute atomic E-state index is 12.7. The Bertz CT molecular complexity index is 412. The summed E-state index contributed by atoms with van der Waals surface area (Å²) in [6.45, 7) is 3.82. The van der Waals surface area contributed by atoms with Crippen LogP contribution in [0.1, 0.15) is 58.8 Å². The van der Waals surface area contributed by atoms with Crippen molar-refractivity contribution >= 4 is 24.3 Å². The topological polar surface area (TPSA) is 81.4 Å². The Morgan fingerprint density at radius 3 is 2.13 bits per heavy atom. The Hall–Kier alpha value is -0.810. The Balaban J connectivity index is 0.00000264. The van der Waals surface area contributed by atoms with Crippen LogP contribution >= 0.6 is 12.4 Å². The molecule has 0 aromatic heterocycles. The summed E-state index contributed by atoms with van der Waals surface area (Å²) in [7, 11) is 1.37. The number of carbonyl (C=O) groups is 2. The van der Waals surface area contributed by atoms with Crippen LogP contribution in [0.4, 0.5) is 0 Å². The van der Waals surface area contributed by atoms with Gasteiger partial charge in [0.05, 0.1) is 7.11 Å². The molecule has 134 valence electrons. The van der Waals surface area contributed by atoms with Gasteiger partial charge in [-0.2, -0.15) is 0 Å². The summed E-state index contributed by atoms with van der Waals surface area (Å²) < 4.78 is 4.90. The Kier molecular flexibility index (Phi) is 7.33. The van der Waals surface area contributed by atoms with E-state index in [0.29, 0.717) is 24.7 Å². The van der Waals surface area contributed by atoms with E-state index >= 15 is 0 Å². The molecule has 0 heterocycles. The number of esters is 1. The van der Waals surface area contributed by atoms with Crippen molar-refractivity contribution in [3.8, 4) is 0 Å². The molecular formula is C17H31ClN2O3. The van der Waals surface area contributed by atoms with E-state index in [1.54, 1.807) is 0 Å². The van der Waals surface area contributed by atoms with Gasteiger partial charge in [0.2, 0.25) is 5.91 Å². The second-order valence-electron chi connectivity index (χ2n) is 6.97. The van der Waals surface area contributed by atoms with E-state index in [4.69, 9.17) is 10.5 Å². The van der Waals surface area contributed by atoms with E-state index in [0.717, 1.165) is 25.7 Å². The molecule has 0 aromatic carbocycles. The first-order valence-electron chi connectivity index (χ1n) is 8.63. The van der Waals surface area contributed by atoms with E-state index in [1.165, 1.54) is 13.5 Å². The highest BCUT2D eigenvalue weighted by molar-refractivity contribution is 5.89. The highest BCUT2D eigenvalue weighted by Gasteiger charge is 2.44. The number of methoxy groups -OCH3 is 1. The van der Waals surface area contributed by atoms with Crippen molar-refractivity contribution in [1.29, 1.82) is 0 Å². The van der Waals surface area contributed by atoms with Crippen LogP contribution in [0.25, 0.3) is 0 Å². The van der Waals surface area contributed by atoms with E-state index in [1.807, 2.05) is 13.8 Å². The second kappa shape index (κ2) is 8.34. The zero-order valence-corrected chi connectivity index (χ0v) is 15.3. The van der Waals surface area contributed by atoms with Crippen molar-refractivity contribution in [1.82, 2.24) is 5.32 Å². The number of nitrogens with two attached hydrogens (primary N) is 1. The minimum atomic E-state index is -0.888. The maximum Gasteiger partial charge on any atom is 0.331 e. The maximum atomic E-state index is 12.7. The number of rotatable bonds is 5. The smallest absolute Gasteiger partial charge is 0.331 e. The van der Waals surface area contributed by atoms with E-state index in [2.05, 4.69) is 5.32 Å². The van der Waals surface area contributed by atoms with Crippen LogP contribution in [-0.2, 0) is 14.3 Å². The third kappa shape index (κ3) is 4.00. The average Bonchev–Trinajstić information content (AvgIpc) is 2.51. The highest BCUT2D eigenvalue weighted by Crippen LogP contribution is 2.42. The number of hydrogen-bond donors (Lipinski definition) is 2. The predicted octanol–water partition coefficient (Wildman–Crippen LogP) is 2.41. The van der Waals surface area contributed by atoms with Crippen molar-refractivity contribution in [2.45, 2.75) is 70.4 Å². The fourth-order valence-corrected chi connectivity index (χ4v) is 4.30. The molecule has 2 bridgehead atoms. The normalized spacial score (nSPS) is 30.1. The minimum Gasteiger partial charge on any atom is -0.467 e. The van der Waals surface area contributed by atoms with Crippen LogP contribution in [0.2, 0.25) is 0 Å². The van der Waals surface area contributed by atoms with Gasteiger partial charge in [-0.25, -0.2) is 4.79 Å². The van der Waals surface area contributed by atoms with Gasteiger partial charge in [0.15, 0.2) is 0 Å². The lowest BCUT2D eigenvalue weighted by Crippen LogP contribution is -2.57. The third-order valence-corrected chi connectivity index (χ3v) is 5.93. The third-order valence-electron chi connectivity index (χ3n) is 5.93. The van der Waals surface area contributed by atoms with Gasteiger partial charge >= 0.3 is 5.97 Å². The summed E-state index contributed by atoms with van der Waals surface area (Å²) in [6.07, 6.45) is 6.29. The van der Waals surface area contributed by atoms with Crippen molar-refractivity contribution in [2.75, 3.05) is 7.11 Å². The average molecular weight is 347 g/mol. The zero-order valence-electron chi connectivity index (χ0n) is 14.5. The number of fused-ring (bicyclic) bond motifs is 2. The van der Waals surface area contributed by atoms with Gasteiger partial charge in [-0.15, -0.1) is 12.4 Å². The zero-order chi connectivity index (χ0) is 16.3. The Morgan fingerprint density at radius 1 is 1.17 bits per heavy atom. The van der Waals surface area contributed by atoms with Gasteiger partial charge < -0.3 is 15.8 Å². The minimum absolute atomic E-state index is 0. The summed E-state index contributed by atoms with van der Waals surface area (Å²) >= 11 is 0. The van der Waals surface area contributed by atoms with E-state index < -0.39 is 5.54 Å². The highest BCUT2D eigenvalue weighted by atomic mass is 35.5. The molecule has 2 atom stereocenters. The standard InChI is InChI=1S/C17H30N2O3.ClH/c1-4-17(5-2,16(21)22-3)19-15(20)13-9-11-7-6-8-12(10-13)14(11)18;/h11-14H,4-10,18H2,1-3H3,(H,19,20);1H. The fraction of sp³-hybridized carbons (Fsp3) is 0.882. The van der Waals surface area contributed by atoms with Gasteiger partial charge in [0, 0.05) is 12.0 Å². The molecule has 0 aliphatic heterocycles. The number of amides is 1. The number of nitrogens with one attached hydrogen (secondary N) is 1. The molecule has 2 aliphatic rings.